The first kappa shape index (κ1) is 17.8. The molecule has 2 aromatic carbocycles. The summed E-state index contributed by atoms with van der Waals surface area (Å²) >= 11 is 4.41. The van der Waals surface area contributed by atoms with E-state index in [0.29, 0.717) is 17.3 Å². The van der Waals surface area contributed by atoms with Gasteiger partial charge in [-0.2, -0.15) is 0 Å². The number of nitrogens with zero attached hydrogens (tertiary/aromatic N) is 1. The maximum absolute atomic E-state index is 12.7. The smallest absolute Gasteiger partial charge is 0.293 e. The van der Waals surface area contributed by atoms with Gasteiger partial charge in [0.25, 0.3) is 11.1 Å². The van der Waals surface area contributed by atoms with Crippen molar-refractivity contribution in [1.29, 1.82) is 0 Å². The summed E-state index contributed by atoms with van der Waals surface area (Å²) in [6.07, 6.45) is 1.72. The summed E-state index contributed by atoms with van der Waals surface area (Å²) in [6, 6.07) is 15.0. The summed E-state index contributed by atoms with van der Waals surface area (Å²) in [5, 5.41) is -0.263. The summed E-state index contributed by atoms with van der Waals surface area (Å²) in [5.74, 6) is 0.416. The molecule has 0 spiro atoms. The van der Waals surface area contributed by atoms with Crippen LogP contribution in [0.1, 0.15) is 18.1 Å². The van der Waals surface area contributed by atoms with Gasteiger partial charge < -0.3 is 4.74 Å². The van der Waals surface area contributed by atoms with E-state index in [4.69, 9.17) is 4.74 Å². The lowest BCUT2D eigenvalue weighted by Gasteiger charge is -2.13. The highest BCUT2D eigenvalue weighted by molar-refractivity contribution is 9.10. The van der Waals surface area contributed by atoms with Crippen molar-refractivity contribution in [2.45, 2.75) is 13.5 Å². The first-order valence-electron chi connectivity index (χ1n) is 7.80. The molecular weight excluding hydrogens is 402 g/mol. The third-order valence-corrected chi connectivity index (χ3v) is 5.35. The molecule has 6 heteroatoms. The van der Waals surface area contributed by atoms with Gasteiger partial charge in [-0.1, -0.05) is 52.3 Å². The topological polar surface area (TPSA) is 46.6 Å². The number of hydrogen-bond acceptors (Lipinski definition) is 4. The summed E-state index contributed by atoms with van der Waals surface area (Å²) in [6.45, 7) is 2.69. The Morgan fingerprint density at radius 2 is 1.84 bits per heavy atom. The molecule has 25 heavy (non-hydrogen) atoms. The molecule has 0 unspecified atom stereocenters. The average molecular weight is 418 g/mol. The molecule has 1 aliphatic rings. The first-order valence-corrected chi connectivity index (χ1v) is 9.41. The van der Waals surface area contributed by atoms with Gasteiger partial charge in [0.05, 0.1) is 18.1 Å². The highest BCUT2D eigenvalue weighted by atomic mass is 79.9. The number of halogens is 1. The molecule has 0 radical (unpaired) electrons. The van der Waals surface area contributed by atoms with Gasteiger partial charge in [0.1, 0.15) is 5.75 Å². The largest absolute Gasteiger partial charge is 0.493 e. The summed E-state index contributed by atoms with van der Waals surface area (Å²) < 4.78 is 6.45. The average Bonchev–Trinajstić information content (AvgIpc) is 2.86. The highest BCUT2D eigenvalue weighted by Gasteiger charge is 2.35. The van der Waals surface area contributed by atoms with Crippen LogP contribution in [0, 0.1) is 0 Å². The lowest BCUT2D eigenvalue weighted by molar-refractivity contribution is -0.123. The van der Waals surface area contributed by atoms with Crippen LogP contribution in [0.15, 0.2) is 57.9 Å². The van der Waals surface area contributed by atoms with E-state index in [2.05, 4.69) is 15.9 Å². The van der Waals surface area contributed by atoms with Crippen LogP contribution in [0.25, 0.3) is 6.08 Å². The van der Waals surface area contributed by atoms with Crippen molar-refractivity contribution < 1.29 is 14.3 Å². The SMILES string of the molecule is CCOc1ccccc1/C=C1/SC(=O)N(Cc2ccccc2Br)C1=O. The summed E-state index contributed by atoms with van der Waals surface area (Å²) in [4.78, 5) is 26.6. The molecule has 2 amide bonds. The first-order chi connectivity index (χ1) is 12.1. The molecule has 0 N–H and O–H groups in total. The van der Waals surface area contributed by atoms with Crippen LogP contribution in [0.3, 0.4) is 0 Å². The van der Waals surface area contributed by atoms with Crippen molar-refractivity contribution in [2.75, 3.05) is 6.61 Å². The third-order valence-electron chi connectivity index (χ3n) is 3.67. The van der Waals surface area contributed by atoms with Gasteiger partial charge in [0, 0.05) is 10.0 Å². The molecule has 0 bridgehead atoms. The number of amides is 2. The molecule has 1 saturated heterocycles. The number of hydrogen-bond donors (Lipinski definition) is 0. The minimum absolute atomic E-state index is 0.247. The van der Waals surface area contributed by atoms with Crippen LogP contribution in [-0.4, -0.2) is 22.7 Å². The number of carbonyl (C=O) groups is 2. The van der Waals surface area contributed by atoms with Gasteiger partial charge in [-0.25, -0.2) is 0 Å². The van der Waals surface area contributed by atoms with Crippen molar-refractivity contribution in [2.24, 2.45) is 0 Å². The Hall–Kier alpha value is -2.05. The third kappa shape index (κ3) is 3.96. The Kier molecular flexibility index (Phi) is 5.60. The Bertz CT molecular complexity index is 850. The number of para-hydroxylation sites is 1. The Morgan fingerprint density at radius 3 is 2.60 bits per heavy atom. The van der Waals surface area contributed by atoms with E-state index in [0.717, 1.165) is 27.4 Å². The van der Waals surface area contributed by atoms with Crippen LogP contribution in [-0.2, 0) is 11.3 Å². The zero-order valence-electron chi connectivity index (χ0n) is 13.6. The predicted octanol–water partition coefficient (Wildman–Crippen LogP) is 5.08. The number of carbonyl (C=O) groups excluding carboxylic acids is 2. The number of imide groups is 1. The second kappa shape index (κ2) is 7.89. The fourth-order valence-electron chi connectivity index (χ4n) is 2.46. The fourth-order valence-corrected chi connectivity index (χ4v) is 3.70. The molecule has 1 aliphatic heterocycles. The predicted molar refractivity (Wildman–Crippen MR) is 103 cm³/mol. The zero-order chi connectivity index (χ0) is 17.8. The second-order valence-corrected chi connectivity index (χ2v) is 7.18. The molecule has 0 atom stereocenters. The Balaban J connectivity index is 1.85. The lowest BCUT2D eigenvalue weighted by atomic mass is 10.1. The van der Waals surface area contributed by atoms with Crippen LogP contribution >= 0.6 is 27.7 Å². The highest BCUT2D eigenvalue weighted by Crippen LogP contribution is 2.35. The number of benzene rings is 2. The van der Waals surface area contributed by atoms with E-state index < -0.39 is 0 Å². The van der Waals surface area contributed by atoms with Crippen LogP contribution < -0.4 is 4.74 Å². The minimum atomic E-state index is -0.281. The minimum Gasteiger partial charge on any atom is -0.493 e. The van der Waals surface area contributed by atoms with Gasteiger partial charge in [-0.3, -0.25) is 14.5 Å². The van der Waals surface area contributed by atoms with Gasteiger partial charge in [0.2, 0.25) is 0 Å². The normalized spacial score (nSPS) is 15.9. The molecule has 0 aliphatic carbocycles. The standard InChI is InChI=1S/C19H16BrNO3S/c1-2-24-16-10-6-4-7-13(16)11-17-18(22)21(19(23)25-17)12-14-8-3-5-9-15(14)20/h3-11H,2,12H2,1H3/b17-11+. The summed E-state index contributed by atoms with van der Waals surface area (Å²) in [7, 11) is 0. The molecule has 0 aromatic heterocycles. The van der Waals surface area contributed by atoms with Crippen molar-refractivity contribution in [3.05, 3.63) is 69.0 Å². The van der Waals surface area contributed by atoms with E-state index in [-0.39, 0.29) is 17.7 Å². The lowest BCUT2D eigenvalue weighted by Crippen LogP contribution is -2.27. The van der Waals surface area contributed by atoms with Crippen molar-refractivity contribution in [3.8, 4) is 5.75 Å². The van der Waals surface area contributed by atoms with Gasteiger partial charge in [-0.15, -0.1) is 0 Å². The van der Waals surface area contributed by atoms with Crippen molar-refractivity contribution in [1.82, 2.24) is 4.90 Å². The quantitative estimate of drug-likeness (QED) is 0.635. The van der Waals surface area contributed by atoms with Crippen LogP contribution in [0.4, 0.5) is 4.79 Å². The molecule has 3 rings (SSSR count). The van der Waals surface area contributed by atoms with E-state index >= 15 is 0 Å². The fraction of sp³-hybridized carbons (Fsp3) is 0.158. The number of rotatable bonds is 5. The molecule has 1 heterocycles. The Morgan fingerprint density at radius 1 is 1.12 bits per heavy atom. The Labute approximate surface area is 159 Å². The van der Waals surface area contributed by atoms with Crippen LogP contribution in [0.5, 0.6) is 5.75 Å². The molecule has 2 aromatic rings. The summed E-state index contributed by atoms with van der Waals surface area (Å²) in [5.41, 5.74) is 1.68. The number of ether oxygens (including phenoxy) is 1. The van der Waals surface area contributed by atoms with E-state index in [1.807, 2.05) is 55.5 Å². The molecule has 0 saturated carbocycles. The van der Waals surface area contributed by atoms with E-state index in [1.165, 1.54) is 4.90 Å². The maximum atomic E-state index is 12.7. The van der Waals surface area contributed by atoms with Gasteiger partial charge in [0.15, 0.2) is 0 Å². The number of thioether (sulfide) groups is 1. The molecule has 1 fully saturated rings. The van der Waals surface area contributed by atoms with Crippen molar-refractivity contribution in [3.63, 3.8) is 0 Å². The van der Waals surface area contributed by atoms with E-state index in [1.54, 1.807) is 6.08 Å². The zero-order valence-corrected chi connectivity index (χ0v) is 16.0. The van der Waals surface area contributed by atoms with Gasteiger partial charge in [-0.05, 0) is 42.5 Å². The van der Waals surface area contributed by atoms with Crippen molar-refractivity contribution >= 4 is 44.9 Å². The molecular formula is C19H16BrNO3S. The molecule has 4 nitrogen and oxygen atoms in total. The second-order valence-electron chi connectivity index (χ2n) is 5.33. The van der Waals surface area contributed by atoms with Gasteiger partial charge >= 0.3 is 0 Å². The van der Waals surface area contributed by atoms with Crippen LogP contribution in [0.2, 0.25) is 0 Å². The van der Waals surface area contributed by atoms with E-state index in [9.17, 15) is 9.59 Å². The molecule has 128 valence electrons. The maximum Gasteiger partial charge on any atom is 0.293 e. The monoisotopic (exact) mass is 417 g/mol.